The minimum Gasteiger partial charge on any atom is -0.394 e. The molecule has 14 heteroatoms. The van der Waals surface area contributed by atoms with Crippen molar-refractivity contribution in [2.45, 2.75) is 177 Å². The van der Waals surface area contributed by atoms with Gasteiger partial charge in [-0.1, -0.05) is 89.5 Å². The summed E-state index contributed by atoms with van der Waals surface area (Å²) < 4.78 is 22.3. The predicted octanol–water partition coefficient (Wildman–Crippen LogP) is 1.09. The smallest absolute Gasteiger partial charge is 0.220 e. The Morgan fingerprint density at radius 1 is 0.700 bits per heavy atom. The Balaban J connectivity index is 1.86. The van der Waals surface area contributed by atoms with Gasteiger partial charge in [0.25, 0.3) is 0 Å². The zero-order chi connectivity index (χ0) is 36.9. The molecule has 2 aliphatic heterocycles. The van der Waals surface area contributed by atoms with E-state index < -0.39 is 86.8 Å². The van der Waals surface area contributed by atoms with E-state index in [9.17, 15) is 45.6 Å². The van der Waals surface area contributed by atoms with Gasteiger partial charge in [0.05, 0.1) is 32.0 Å². The fourth-order valence-electron chi connectivity index (χ4n) is 5.99. The topological polar surface area (TPSA) is 228 Å². The van der Waals surface area contributed by atoms with Crippen LogP contribution in [0.15, 0.2) is 24.3 Å². The average molecular weight is 720 g/mol. The van der Waals surface area contributed by atoms with Crippen LogP contribution in [-0.4, -0.2) is 140 Å². The van der Waals surface area contributed by atoms with E-state index in [2.05, 4.69) is 24.4 Å². The first-order chi connectivity index (χ1) is 24.1. The van der Waals surface area contributed by atoms with Gasteiger partial charge in [-0.25, -0.2) is 0 Å². The van der Waals surface area contributed by atoms with Gasteiger partial charge in [-0.15, -0.1) is 0 Å². The summed E-state index contributed by atoms with van der Waals surface area (Å²) in [6.45, 7) is 2.34. The normalized spacial score (nSPS) is 31.7. The fraction of sp³-hybridized carbons (Fsp3) is 0.861. The van der Waals surface area contributed by atoms with Crippen LogP contribution in [0.3, 0.4) is 0 Å². The Kier molecular flexibility index (Phi) is 22.7. The van der Waals surface area contributed by atoms with Gasteiger partial charge in [-0.2, -0.15) is 0 Å². The van der Waals surface area contributed by atoms with Crippen molar-refractivity contribution >= 4 is 5.91 Å². The highest BCUT2D eigenvalue weighted by Gasteiger charge is 2.50. The number of ether oxygens (including phenoxy) is 4. The Hall–Kier alpha value is -1.53. The SMILES string of the molecule is CCCCCCCCCCC/C=C/CC/C=C/C(O)C(COC1OC(CO)C(OC2OC(CO)C(O)C(O)C2O)C(O)C1O)NC(=O)CCC. The molecule has 0 aromatic carbocycles. The summed E-state index contributed by atoms with van der Waals surface area (Å²) in [5.74, 6) is -0.306. The summed E-state index contributed by atoms with van der Waals surface area (Å²) in [6.07, 6.45) is 5.73. The molecule has 2 heterocycles. The van der Waals surface area contributed by atoms with E-state index in [1.165, 1.54) is 57.8 Å². The van der Waals surface area contributed by atoms with Gasteiger partial charge < -0.3 is 65.1 Å². The number of amides is 1. The van der Waals surface area contributed by atoms with Crippen LogP contribution in [0.25, 0.3) is 0 Å². The molecule has 0 spiro atoms. The van der Waals surface area contributed by atoms with Gasteiger partial charge in [-0.05, 0) is 32.1 Å². The van der Waals surface area contributed by atoms with E-state index in [0.29, 0.717) is 12.8 Å². The summed E-state index contributed by atoms with van der Waals surface area (Å²) >= 11 is 0. The van der Waals surface area contributed by atoms with Gasteiger partial charge in [0.1, 0.15) is 48.8 Å². The fourth-order valence-corrected chi connectivity index (χ4v) is 5.99. The lowest BCUT2D eigenvalue weighted by molar-refractivity contribution is -0.359. The minimum atomic E-state index is -1.78. The largest absolute Gasteiger partial charge is 0.394 e. The maximum absolute atomic E-state index is 12.4. The third kappa shape index (κ3) is 15.2. The molecular weight excluding hydrogens is 654 g/mol. The van der Waals surface area contributed by atoms with Crippen LogP contribution < -0.4 is 5.32 Å². The maximum Gasteiger partial charge on any atom is 0.220 e. The third-order valence-corrected chi connectivity index (χ3v) is 9.11. The summed E-state index contributed by atoms with van der Waals surface area (Å²) in [5.41, 5.74) is 0. The molecule has 0 aliphatic carbocycles. The molecule has 0 radical (unpaired) electrons. The highest BCUT2D eigenvalue weighted by Crippen LogP contribution is 2.29. The summed E-state index contributed by atoms with van der Waals surface area (Å²) in [7, 11) is 0. The number of hydrogen-bond acceptors (Lipinski definition) is 13. The summed E-state index contributed by atoms with van der Waals surface area (Å²) in [4.78, 5) is 12.4. The van der Waals surface area contributed by atoms with Gasteiger partial charge in [0, 0.05) is 6.42 Å². The molecule has 0 saturated carbocycles. The minimum absolute atomic E-state index is 0.224. The van der Waals surface area contributed by atoms with E-state index in [0.717, 1.165) is 12.8 Å². The number of carbonyl (C=O) groups excluding carboxylic acids is 1. The predicted molar refractivity (Wildman–Crippen MR) is 185 cm³/mol. The molecule has 2 rings (SSSR count). The first-order valence-electron chi connectivity index (χ1n) is 18.6. The summed E-state index contributed by atoms with van der Waals surface area (Å²) in [6, 6.07) is -0.920. The third-order valence-electron chi connectivity index (χ3n) is 9.11. The molecule has 2 fully saturated rings. The number of unbranched alkanes of at least 4 members (excludes halogenated alkanes) is 10. The monoisotopic (exact) mass is 719 g/mol. The Morgan fingerprint density at radius 3 is 1.92 bits per heavy atom. The van der Waals surface area contributed by atoms with E-state index in [1.807, 2.05) is 13.0 Å². The van der Waals surface area contributed by atoms with E-state index in [1.54, 1.807) is 6.08 Å². The Morgan fingerprint density at radius 2 is 1.28 bits per heavy atom. The molecule has 0 aromatic heterocycles. The zero-order valence-electron chi connectivity index (χ0n) is 29.9. The maximum atomic E-state index is 12.4. The van der Waals surface area contributed by atoms with Gasteiger partial charge in [0.15, 0.2) is 12.6 Å². The molecule has 1 amide bonds. The first-order valence-corrected chi connectivity index (χ1v) is 18.6. The van der Waals surface area contributed by atoms with Crippen molar-refractivity contribution in [2.75, 3.05) is 19.8 Å². The molecule has 12 unspecified atom stereocenters. The van der Waals surface area contributed by atoms with Crippen molar-refractivity contribution in [3.63, 3.8) is 0 Å². The van der Waals surface area contributed by atoms with E-state index in [4.69, 9.17) is 18.9 Å². The molecule has 0 bridgehead atoms. The van der Waals surface area contributed by atoms with Crippen molar-refractivity contribution in [2.24, 2.45) is 0 Å². The lowest BCUT2D eigenvalue weighted by Gasteiger charge is -2.46. The number of aliphatic hydroxyl groups is 8. The number of carbonyl (C=O) groups is 1. The summed E-state index contributed by atoms with van der Waals surface area (Å²) in [5, 5.41) is 85.1. The van der Waals surface area contributed by atoms with Gasteiger partial charge >= 0.3 is 0 Å². The van der Waals surface area contributed by atoms with Crippen LogP contribution >= 0.6 is 0 Å². The zero-order valence-corrected chi connectivity index (χ0v) is 29.9. The molecule has 2 aliphatic rings. The number of aliphatic hydroxyl groups excluding tert-OH is 8. The van der Waals surface area contributed by atoms with Crippen LogP contribution in [0, 0.1) is 0 Å². The number of nitrogens with one attached hydrogen (secondary N) is 1. The van der Waals surface area contributed by atoms with E-state index in [-0.39, 0.29) is 18.9 Å². The van der Waals surface area contributed by atoms with Crippen molar-refractivity contribution in [1.29, 1.82) is 0 Å². The van der Waals surface area contributed by atoms with Crippen molar-refractivity contribution < 1.29 is 64.6 Å². The van der Waals surface area contributed by atoms with Crippen molar-refractivity contribution in [3.8, 4) is 0 Å². The molecule has 2 saturated heterocycles. The first kappa shape index (κ1) is 44.6. The quantitative estimate of drug-likeness (QED) is 0.0476. The molecular formula is C36H65NO13. The highest BCUT2D eigenvalue weighted by atomic mass is 16.7. The van der Waals surface area contributed by atoms with Crippen molar-refractivity contribution in [3.05, 3.63) is 24.3 Å². The number of rotatable bonds is 25. The van der Waals surface area contributed by atoms with Gasteiger partial charge in [-0.3, -0.25) is 4.79 Å². The second-order valence-electron chi connectivity index (χ2n) is 13.3. The van der Waals surface area contributed by atoms with Crippen LogP contribution in [-0.2, 0) is 23.7 Å². The molecule has 0 aromatic rings. The Bertz CT molecular complexity index is 951. The highest BCUT2D eigenvalue weighted by molar-refractivity contribution is 5.76. The molecule has 12 atom stereocenters. The lowest BCUT2D eigenvalue weighted by atomic mass is 9.97. The van der Waals surface area contributed by atoms with Crippen LogP contribution in [0.2, 0.25) is 0 Å². The molecule has 9 N–H and O–H groups in total. The molecule has 14 nitrogen and oxygen atoms in total. The van der Waals surface area contributed by atoms with Gasteiger partial charge in [0.2, 0.25) is 5.91 Å². The van der Waals surface area contributed by atoms with E-state index >= 15 is 0 Å². The Labute approximate surface area is 297 Å². The lowest BCUT2D eigenvalue weighted by Crippen LogP contribution is -2.65. The van der Waals surface area contributed by atoms with Crippen LogP contribution in [0.5, 0.6) is 0 Å². The van der Waals surface area contributed by atoms with Crippen LogP contribution in [0.1, 0.15) is 104 Å². The second kappa shape index (κ2) is 25.4. The molecule has 292 valence electrons. The average Bonchev–Trinajstić information content (AvgIpc) is 3.10. The molecule has 50 heavy (non-hydrogen) atoms. The number of allylic oxidation sites excluding steroid dienone is 3. The number of hydrogen-bond donors (Lipinski definition) is 9. The standard InChI is InChI=1S/C36H65NO13/c1-3-5-6-7-8-9-10-11-12-13-14-15-16-17-18-20-25(40)24(37-28(41)19-4-2)23-47-35-33(46)31(44)34(27(22-39)49-35)50-36-32(45)30(43)29(42)26(21-38)48-36/h14-15,18,20,24-27,29-36,38-40,42-46H,3-13,16-17,19,21-23H2,1-2H3,(H,37,41)/b15-14+,20-18+. The van der Waals surface area contributed by atoms with Crippen LogP contribution in [0.4, 0.5) is 0 Å². The van der Waals surface area contributed by atoms with Crippen molar-refractivity contribution in [1.82, 2.24) is 5.32 Å². The second-order valence-corrected chi connectivity index (χ2v) is 13.3.